The van der Waals surface area contributed by atoms with Crippen LogP contribution in [-0.2, 0) is 0 Å². The van der Waals surface area contributed by atoms with Gasteiger partial charge in [0.25, 0.3) is 5.91 Å². The number of amides is 1. The lowest BCUT2D eigenvalue weighted by molar-refractivity contribution is 0.0833. The van der Waals surface area contributed by atoms with Crippen molar-refractivity contribution >= 4 is 23.1 Å². The number of phenols is 1. The average Bonchev–Trinajstić information content (AvgIpc) is 2.54. The summed E-state index contributed by atoms with van der Waals surface area (Å²) in [5.74, 6) is -0.743. The van der Waals surface area contributed by atoms with E-state index in [9.17, 15) is 14.7 Å². The molecule has 0 unspecified atom stereocenters. The minimum Gasteiger partial charge on any atom is -0.507 e. The number of benzene rings is 2. The number of nitrogen functional groups attached to an aromatic ring is 1. The van der Waals surface area contributed by atoms with E-state index in [-0.39, 0.29) is 17.1 Å². The zero-order chi connectivity index (χ0) is 17.9. The van der Waals surface area contributed by atoms with Crippen LogP contribution in [0.4, 0.5) is 11.4 Å². The second-order valence-electron chi connectivity index (χ2n) is 6.38. The van der Waals surface area contributed by atoms with Gasteiger partial charge < -0.3 is 16.2 Å². The van der Waals surface area contributed by atoms with Gasteiger partial charge in [0.1, 0.15) is 5.75 Å². The summed E-state index contributed by atoms with van der Waals surface area (Å²) in [7, 11) is 0. The Kier molecular flexibility index (Phi) is 4.93. The van der Waals surface area contributed by atoms with E-state index >= 15 is 0 Å². The number of hydrogen-bond acceptors (Lipinski definition) is 4. The highest BCUT2D eigenvalue weighted by Gasteiger charge is 2.27. The largest absolute Gasteiger partial charge is 0.507 e. The summed E-state index contributed by atoms with van der Waals surface area (Å²) < 4.78 is 0. The molecular weight excluding hydrogens is 304 g/mol. The standard InChI is InChI=1S/C19H22N2O3/c1-4-19(2,3)17(23)12-8-9-16(22)15(10-12)18(24)21-14-7-5-6-13(20)11-14/h5-11,22H,4,20H2,1-3H3,(H,21,24). The quantitative estimate of drug-likeness (QED) is 0.575. The Morgan fingerprint density at radius 2 is 1.88 bits per heavy atom. The molecule has 0 bridgehead atoms. The predicted octanol–water partition coefficient (Wildman–Crippen LogP) is 3.85. The molecule has 5 heteroatoms. The molecule has 0 fully saturated rings. The van der Waals surface area contributed by atoms with Crippen LogP contribution in [0.2, 0.25) is 0 Å². The molecule has 2 rings (SSSR count). The Morgan fingerprint density at radius 1 is 1.17 bits per heavy atom. The Hall–Kier alpha value is -2.82. The van der Waals surface area contributed by atoms with Gasteiger partial charge in [-0.15, -0.1) is 0 Å². The van der Waals surface area contributed by atoms with Crippen molar-refractivity contribution in [3.63, 3.8) is 0 Å². The van der Waals surface area contributed by atoms with E-state index in [2.05, 4.69) is 5.32 Å². The van der Waals surface area contributed by atoms with Gasteiger partial charge in [0.05, 0.1) is 5.56 Å². The second kappa shape index (κ2) is 6.74. The van der Waals surface area contributed by atoms with Crippen molar-refractivity contribution in [1.82, 2.24) is 0 Å². The third kappa shape index (κ3) is 3.74. The molecule has 2 aromatic carbocycles. The number of carbonyl (C=O) groups excluding carboxylic acids is 2. The van der Waals surface area contributed by atoms with Crippen molar-refractivity contribution in [2.75, 3.05) is 11.1 Å². The molecular formula is C19H22N2O3. The number of Topliss-reactive ketones (excluding diaryl/α,β-unsaturated/α-hetero) is 1. The van der Waals surface area contributed by atoms with Crippen LogP contribution in [0, 0.1) is 5.41 Å². The fraction of sp³-hybridized carbons (Fsp3) is 0.263. The van der Waals surface area contributed by atoms with E-state index in [4.69, 9.17) is 5.73 Å². The Morgan fingerprint density at radius 3 is 2.50 bits per heavy atom. The van der Waals surface area contributed by atoms with Gasteiger partial charge in [-0.1, -0.05) is 26.8 Å². The molecule has 4 N–H and O–H groups in total. The highest BCUT2D eigenvalue weighted by Crippen LogP contribution is 2.28. The Labute approximate surface area is 141 Å². The topological polar surface area (TPSA) is 92.4 Å². The molecule has 0 saturated heterocycles. The number of nitrogens with one attached hydrogen (secondary N) is 1. The fourth-order valence-corrected chi connectivity index (χ4v) is 2.23. The summed E-state index contributed by atoms with van der Waals surface area (Å²) in [6.07, 6.45) is 0.678. The smallest absolute Gasteiger partial charge is 0.259 e. The summed E-state index contributed by atoms with van der Waals surface area (Å²) in [6.45, 7) is 5.65. The molecule has 0 spiro atoms. The van der Waals surface area contributed by atoms with E-state index < -0.39 is 11.3 Å². The van der Waals surface area contributed by atoms with Crippen molar-refractivity contribution in [3.8, 4) is 5.75 Å². The molecule has 0 aliphatic carbocycles. The first-order valence-electron chi connectivity index (χ1n) is 7.79. The normalized spacial score (nSPS) is 11.1. The van der Waals surface area contributed by atoms with E-state index in [0.29, 0.717) is 23.4 Å². The molecule has 0 aliphatic heterocycles. The van der Waals surface area contributed by atoms with Crippen molar-refractivity contribution in [1.29, 1.82) is 0 Å². The predicted molar refractivity (Wildman–Crippen MR) is 95.3 cm³/mol. The van der Waals surface area contributed by atoms with Gasteiger partial charge in [-0.3, -0.25) is 9.59 Å². The van der Waals surface area contributed by atoms with Crippen LogP contribution in [0.3, 0.4) is 0 Å². The van der Waals surface area contributed by atoms with E-state index in [1.54, 1.807) is 24.3 Å². The monoisotopic (exact) mass is 326 g/mol. The van der Waals surface area contributed by atoms with Crippen LogP contribution in [0.5, 0.6) is 5.75 Å². The third-order valence-corrected chi connectivity index (χ3v) is 4.15. The zero-order valence-corrected chi connectivity index (χ0v) is 14.1. The minimum atomic E-state index is -0.529. The highest BCUT2D eigenvalue weighted by atomic mass is 16.3. The average molecular weight is 326 g/mol. The first kappa shape index (κ1) is 17.5. The summed E-state index contributed by atoms with van der Waals surface area (Å²) in [6, 6.07) is 11.1. The molecule has 1 amide bonds. The van der Waals surface area contributed by atoms with Crippen LogP contribution < -0.4 is 11.1 Å². The molecule has 0 aromatic heterocycles. The molecule has 24 heavy (non-hydrogen) atoms. The van der Waals surface area contributed by atoms with Crippen molar-refractivity contribution in [2.24, 2.45) is 5.41 Å². The summed E-state index contributed by atoms with van der Waals surface area (Å²) in [5, 5.41) is 12.7. The maximum atomic E-state index is 12.6. The van der Waals surface area contributed by atoms with Gasteiger partial charge in [0.2, 0.25) is 0 Å². The Bertz CT molecular complexity index is 782. The van der Waals surface area contributed by atoms with E-state index in [1.165, 1.54) is 18.2 Å². The number of phenolic OH excluding ortho intramolecular Hbond substituents is 1. The van der Waals surface area contributed by atoms with Crippen LogP contribution in [-0.4, -0.2) is 16.8 Å². The molecule has 126 valence electrons. The zero-order valence-electron chi connectivity index (χ0n) is 14.1. The fourth-order valence-electron chi connectivity index (χ4n) is 2.23. The van der Waals surface area contributed by atoms with Gasteiger partial charge in [0, 0.05) is 22.4 Å². The second-order valence-corrected chi connectivity index (χ2v) is 6.38. The number of rotatable bonds is 5. The highest BCUT2D eigenvalue weighted by molar-refractivity contribution is 6.09. The number of anilines is 2. The SMILES string of the molecule is CCC(C)(C)C(=O)c1ccc(O)c(C(=O)Nc2cccc(N)c2)c1. The number of carbonyl (C=O) groups is 2. The van der Waals surface area contributed by atoms with Gasteiger partial charge in [-0.05, 0) is 42.8 Å². The van der Waals surface area contributed by atoms with Crippen molar-refractivity contribution < 1.29 is 14.7 Å². The first-order valence-corrected chi connectivity index (χ1v) is 7.79. The van der Waals surface area contributed by atoms with E-state index in [0.717, 1.165) is 0 Å². The lowest BCUT2D eigenvalue weighted by Gasteiger charge is -2.21. The number of nitrogens with two attached hydrogens (primary N) is 1. The molecule has 2 aromatic rings. The molecule has 0 atom stereocenters. The molecule has 0 radical (unpaired) electrons. The number of ketones is 1. The lowest BCUT2D eigenvalue weighted by atomic mass is 9.81. The lowest BCUT2D eigenvalue weighted by Crippen LogP contribution is -2.24. The molecule has 0 saturated carbocycles. The summed E-state index contributed by atoms with van der Waals surface area (Å²) in [5.41, 5.74) is 6.64. The maximum absolute atomic E-state index is 12.6. The van der Waals surface area contributed by atoms with Crippen LogP contribution >= 0.6 is 0 Å². The Balaban J connectivity index is 2.31. The number of hydrogen-bond donors (Lipinski definition) is 3. The first-order chi connectivity index (χ1) is 11.2. The van der Waals surface area contributed by atoms with Gasteiger partial charge in [-0.25, -0.2) is 0 Å². The maximum Gasteiger partial charge on any atom is 0.259 e. The summed E-state index contributed by atoms with van der Waals surface area (Å²) in [4.78, 5) is 25.0. The summed E-state index contributed by atoms with van der Waals surface area (Å²) >= 11 is 0. The van der Waals surface area contributed by atoms with Crippen LogP contribution in [0.1, 0.15) is 47.9 Å². The molecule has 5 nitrogen and oxygen atoms in total. The molecule has 0 aliphatic rings. The van der Waals surface area contributed by atoms with Gasteiger partial charge in [0.15, 0.2) is 5.78 Å². The van der Waals surface area contributed by atoms with Gasteiger partial charge in [-0.2, -0.15) is 0 Å². The minimum absolute atomic E-state index is 0.0511. The molecule has 0 heterocycles. The van der Waals surface area contributed by atoms with Crippen LogP contribution in [0.25, 0.3) is 0 Å². The van der Waals surface area contributed by atoms with Crippen LogP contribution in [0.15, 0.2) is 42.5 Å². The van der Waals surface area contributed by atoms with Crippen molar-refractivity contribution in [2.45, 2.75) is 27.2 Å². The van der Waals surface area contributed by atoms with Crippen molar-refractivity contribution in [3.05, 3.63) is 53.6 Å². The number of aromatic hydroxyl groups is 1. The third-order valence-electron chi connectivity index (χ3n) is 4.15. The van der Waals surface area contributed by atoms with Gasteiger partial charge >= 0.3 is 0 Å². The van der Waals surface area contributed by atoms with E-state index in [1.807, 2.05) is 20.8 Å².